The zero-order valence-electron chi connectivity index (χ0n) is 8.07. The van der Waals surface area contributed by atoms with Crippen molar-refractivity contribution in [3.63, 3.8) is 0 Å². The van der Waals surface area contributed by atoms with Crippen LogP contribution in [0.3, 0.4) is 0 Å². The second-order valence-electron chi connectivity index (χ2n) is 3.11. The van der Waals surface area contributed by atoms with Crippen LogP contribution in [0.15, 0.2) is 31.0 Å². The van der Waals surface area contributed by atoms with Crippen LogP contribution in [0.2, 0.25) is 5.02 Å². The molecule has 0 saturated heterocycles. The number of imidazole rings is 1. The fourth-order valence-electron chi connectivity index (χ4n) is 1.27. The van der Waals surface area contributed by atoms with Crippen LogP contribution in [0.1, 0.15) is 5.69 Å². The van der Waals surface area contributed by atoms with E-state index in [1.54, 1.807) is 18.7 Å². The van der Waals surface area contributed by atoms with E-state index in [0.717, 1.165) is 24.3 Å². The molecule has 0 spiro atoms. The Morgan fingerprint density at radius 3 is 3.00 bits per heavy atom. The Hall–Kier alpha value is -1.55. The van der Waals surface area contributed by atoms with Crippen LogP contribution in [0.4, 0.5) is 5.69 Å². The van der Waals surface area contributed by atoms with Gasteiger partial charge in [0.15, 0.2) is 0 Å². The number of H-pyrrole nitrogens is 1. The second-order valence-corrected chi connectivity index (χ2v) is 3.52. The van der Waals surface area contributed by atoms with Gasteiger partial charge in [-0.1, -0.05) is 11.6 Å². The largest absolute Gasteiger partial charge is 0.383 e. The molecule has 2 aromatic heterocycles. The zero-order chi connectivity index (χ0) is 10.5. The molecule has 15 heavy (non-hydrogen) atoms. The normalized spacial score (nSPS) is 10.2. The molecule has 0 aromatic carbocycles. The number of aromatic amines is 1. The van der Waals surface area contributed by atoms with Gasteiger partial charge in [-0.2, -0.15) is 0 Å². The monoisotopic (exact) mass is 222 g/mol. The predicted octanol–water partition coefficient (Wildman–Crippen LogP) is 2.11. The summed E-state index contributed by atoms with van der Waals surface area (Å²) in [5.41, 5.74) is 2.01. The molecule has 0 aliphatic rings. The number of halogens is 1. The van der Waals surface area contributed by atoms with Crippen molar-refractivity contribution in [3.05, 3.63) is 41.7 Å². The van der Waals surface area contributed by atoms with Gasteiger partial charge in [-0.05, 0) is 6.07 Å². The molecule has 0 bridgehead atoms. The molecule has 2 heterocycles. The zero-order valence-corrected chi connectivity index (χ0v) is 8.83. The molecule has 0 aliphatic heterocycles. The number of pyridine rings is 1. The Bertz CT molecular complexity index is 413. The van der Waals surface area contributed by atoms with E-state index in [1.807, 2.05) is 12.3 Å². The summed E-state index contributed by atoms with van der Waals surface area (Å²) in [4.78, 5) is 10.9. The Balaban J connectivity index is 1.86. The smallest absolute Gasteiger partial charge is 0.0921 e. The van der Waals surface area contributed by atoms with Crippen LogP contribution < -0.4 is 5.32 Å². The highest BCUT2D eigenvalue weighted by Crippen LogP contribution is 2.18. The summed E-state index contributed by atoms with van der Waals surface area (Å²) in [7, 11) is 0. The summed E-state index contributed by atoms with van der Waals surface area (Å²) in [5.74, 6) is 0. The van der Waals surface area contributed by atoms with Crippen LogP contribution in [0, 0.1) is 0 Å². The van der Waals surface area contributed by atoms with Crippen LogP contribution in [0.5, 0.6) is 0 Å². The van der Waals surface area contributed by atoms with Gasteiger partial charge in [0.25, 0.3) is 0 Å². The van der Waals surface area contributed by atoms with Crippen LogP contribution in [0.25, 0.3) is 0 Å². The van der Waals surface area contributed by atoms with E-state index >= 15 is 0 Å². The molecule has 0 unspecified atom stereocenters. The van der Waals surface area contributed by atoms with E-state index in [-0.39, 0.29) is 0 Å². The van der Waals surface area contributed by atoms with Gasteiger partial charge < -0.3 is 10.3 Å². The van der Waals surface area contributed by atoms with Crippen molar-refractivity contribution in [2.24, 2.45) is 0 Å². The molecular weight excluding hydrogens is 212 g/mol. The fraction of sp³-hybridized carbons (Fsp3) is 0.200. The maximum absolute atomic E-state index is 5.94. The molecule has 0 radical (unpaired) electrons. The highest BCUT2D eigenvalue weighted by Gasteiger charge is 1.98. The molecular formula is C10H11ClN4. The SMILES string of the molecule is Clc1cnccc1NCCc1cnc[nH]1. The van der Waals surface area contributed by atoms with Gasteiger partial charge in [0.1, 0.15) is 0 Å². The summed E-state index contributed by atoms with van der Waals surface area (Å²) < 4.78 is 0. The number of nitrogens with one attached hydrogen (secondary N) is 2. The molecule has 0 amide bonds. The lowest BCUT2D eigenvalue weighted by molar-refractivity contribution is 0.976. The van der Waals surface area contributed by atoms with Gasteiger partial charge in [0.05, 0.1) is 17.0 Å². The minimum Gasteiger partial charge on any atom is -0.383 e. The number of hydrogen-bond acceptors (Lipinski definition) is 3. The fourth-order valence-corrected chi connectivity index (χ4v) is 1.46. The van der Waals surface area contributed by atoms with E-state index in [2.05, 4.69) is 20.3 Å². The first-order chi connectivity index (χ1) is 7.36. The van der Waals surface area contributed by atoms with Gasteiger partial charge in [-0.3, -0.25) is 4.98 Å². The molecule has 2 N–H and O–H groups in total. The average molecular weight is 223 g/mol. The van der Waals surface area contributed by atoms with Crippen molar-refractivity contribution in [1.82, 2.24) is 15.0 Å². The maximum atomic E-state index is 5.94. The molecule has 4 nitrogen and oxygen atoms in total. The molecule has 0 aliphatic carbocycles. The molecule has 0 saturated carbocycles. The summed E-state index contributed by atoms with van der Waals surface area (Å²) in [6.45, 7) is 0.811. The van der Waals surface area contributed by atoms with Crippen molar-refractivity contribution < 1.29 is 0 Å². The van der Waals surface area contributed by atoms with Gasteiger partial charge in [0.2, 0.25) is 0 Å². The Morgan fingerprint density at radius 2 is 2.27 bits per heavy atom. The van der Waals surface area contributed by atoms with Crippen LogP contribution in [-0.2, 0) is 6.42 Å². The lowest BCUT2D eigenvalue weighted by atomic mass is 10.3. The first kappa shape index (κ1) is 9.98. The molecule has 78 valence electrons. The van der Waals surface area contributed by atoms with Crippen molar-refractivity contribution in [2.75, 3.05) is 11.9 Å². The number of anilines is 1. The highest BCUT2D eigenvalue weighted by atomic mass is 35.5. The minimum atomic E-state index is 0.641. The summed E-state index contributed by atoms with van der Waals surface area (Å²) in [6.07, 6.45) is 7.72. The average Bonchev–Trinajstić information content (AvgIpc) is 2.74. The van der Waals surface area contributed by atoms with E-state index < -0.39 is 0 Å². The highest BCUT2D eigenvalue weighted by molar-refractivity contribution is 6.33. The standard InChI is InChI=1S/C10H11ClN4/c11-9-6-12-3-2-10(9)14-4-1-8-5-13-7-15-8/h2-3,5-7H,1,4H2,(H,12,14)(H,13,15). The van der Waals surface area contributed by atoms with Crippen molar-refractivity contribution in [1.29, 1.82) is 0 Å². The Morgan fingerprint density at radius 1 is 1.33 bits per heavy atom. The summed E-state index contributed by atoms with van der Waals surface area (Å²) in [6, 6.07) is 1.86. The van der Waals surface area contributed by atoms with E-state index in [4.69, 9.17) is 11.6 Å². The van der Waals surface area contributed by atoms with Crippen molar-refractivity contribution in [3.8, 4) is 0 Å². The second kappa shape index (κ2) is 4.79. The molecule has 0 atom stereocenters. The molecule has 0 fully saturated rings. The lowest BCUT2D eigenvalue weighted by Gasteiger charge is -2.06. The van der Waals surface area contributed by atoms with Gasteiger partial charge >= 0.3 is 0 Å². The first-order valence-corrected chi connectivity index (χ1v) is 5.04. The summed E-state index contributed by atoms with van der Waals surface area (Å²) in [5, 5.41) is 3.87. The Kier molecular flexibility index (Phi) is 3.19. The molecule has 5 heteroatoms. The quantitative estimate of drug-likeness (QED) is 0.833. The minimum absolute atomic E-state index is 0.641. The van der Waals surface area contributed by atoms with E-state index in [1.165, 1.54) is 0 Å². The molecule has 2 rings (SSSR count). The number of nitrogens with zero attached hydrogens (tertiary/aromatic N) is 2. The predicted molar refractivity (Wildman–Crippen MR) is 60.0 cm³/mol. The third-order valence-corrected chi connectivity index (χ3v) is 2.34. The van der Waals surface area contributed by atoms with Crippen LogP contribution >= 0.6 is 11.6 Å². The third kappa shape index (κ3) is 2.70. The Labute approximate surface area is 92.7 Å². The first-order valence-electron chi connectivity index (χ1n) is 4.67. The summed E-state index contributed by atoms with van der Waals surface area (Å²) >= 11 is 5.94. The van der Waals surface area contributed by atoms with Gasteiger partial charge in [0, 0.05) is 37.3 Å². The third-order valence-electron chi connectivity index (χ3n) is 2.04. The van der Waals surface area contributed by atoms with Crippen molar-refractivity contribution >= 4 is 17.3 Å². The maximum Gasteiger partial charge on any atom is 0.0921 e. The lowest BCUT2D eigenvalue weighted by Crippen LogP contribution is -2.05. The topological polar surface area (TPSA) is 53.6 Å². The van der Waals surface area contributed by atoms with Gasteiger partial charge in [-0.25, -0.2) is 4.98 Å². The van der Waals surface area contributed by atoms with Crippen molar-refractivity contribution in [2.45, 2.75) is 6.42 Å². The number of rotatable bonds is 4. The van der Waals surface area contributed by atoms with Crippen LogP contribution in [-0.4, -0.2) is 21.5 Å². The van der Waals surface area contributed by atoms with Gasteiger partial charge in [-0.15, -0.1) is 0 Å². The number of hydrogen-bond donors (Lipinski definition) is 2. The molecule has 2 aromatic rings. The number of aromatic nitrogens is 3. The van der Waals surface area contributed by atoms with E-state index in [9.17, 15) is 0 Å². The van der Waals surface area contributed by atoms with E-state index in [0.29, 0.717) is 5.02 Å².